The van der Waals surface area contributed by atoms with Crippen LogP contribution in [0.5, 0.6) is 0 Å². The summed E-state index contributed by atoms with van der Waals surface area (Å²) in [6.45, 7) is 11.3. The zero-order chi connectivity index (χ0) is 40.3. The van der Waals surface area contributed by atoms with E-state index < -0.39 is 102 Å². The number of hydrogen-bond donors (Lipinski definition) is 11. The molecule has 0 aliphatic rings. The maximum Gasteiger partial charge on any atom is 0.325 e. The Bertz CT molecular complexity index is 1230. The molecule has 0 aliphatic heterocycles. The Balaban J connectivity index is 5.90. The molecule has 0 rings (SSSR count). The summed E-state index contributed by atoms with van der Waals surface area (Å²) in [5.41, 5.74) is 11.4. The van der Waals surface area contributed by atoms with Gasteiger partial charge in [0.2, 0.25) is 35.4 Å². The molecule has 0 bridgehead atoms. The summed E-state index contributed by atoms with van der Waals surface area (Å²) in [6, 6.07) is -8.90. The molecular weight excluding hydrogens is 684 g/mol. The average Bonchev–Trinajstić information content (AvgIpc) is 3.03. The number of hydrogen-bond acceptors (Lipinski definition) is 11. The highest BCUT2D eigenvalue weighted by molar-refractivity contribution is 5.97. The van der Waals surface area contributed by atoms with Gasteiger partial charge in [0.1, 0.15) is 36.3 Å². The second-order valence-corrected chi connectivity index (χ2v) is 13.8. The molecule has 13 N–H and O–H groups in total. The highest BCUT2D eigenvalue weighted by Gasteiger charge is 2.34. The van der Waals surface area contributed by atoms with E-state index in [1.165, 1.54) is 20.8 Å². The first kappa shape index (κ1) is 47.6. The van der Waals surface area contributed by atoms with Gasteiger partial charge in [-0.05, 0) is 77.7 Å². The molecule has 8 atom stereocenters. The molecule has 0 fully saturated rings. The number of nitrogens with two attached hydrogens (primary N) is 2. The first-order valence-electron chi connectivity index (χ1n) is 17.5. The van der Waals surface area contributed by atoms with Crippen LogP contribution in [0.25, 0.3) is 0 Å². The Morgan fingerprint density at radius 3 is 1.54 bits per heavy atom. The van der Waals surface area contributed by atoms with Crippen molar-refractivity contribution in [1.82, 2.24) is 31.9 Å². The van der Waals surface area contributed by atoms with Gasteiger partial charge in [-0.15, -0.1) is 0 Å². The lowest BCUT2D eigenvalue weighted by atomic mass is 10.0. The number of nitrogens with one attached hydrogen (secondary N) is 6. The number of aliphatic hydroxyl groups is 1. The number of carboxylic acids is 2. The van der Waals surface area contributed by atoms with Gasteiger partial charge in [0, 0.05) is 6.42 Å². The van der Waals surface area contributed by atoms with Crippen molar-refractivity contribution in [1.29, 1.82) is 0 Å². The minimum atomic E-state index is -1.65. The zero-order valence-electron chi connectivity index (χ0n) is 31.2. The number of carbonyl (C=O) groups is 8. The lowest BCUT2D eigenvalue weighted by Gasteiger charge is -2.28. The van der Waals surface area contributed by atoms with Crippen molar-refractivity contribution in [3.05, 3.63) is 0 Å². The van der Waals surface area contributed by atoms with Crippen molar-refractivity contribution in [3.8, 4) is 0 Å². The monoisotopic (exact) mass is 744 g/mol. The van der Waals surface area contributed by atoms with Gasteiger partial charge >= 0.3 is 11.9 Å². The number of aliphatic hydroxyl groups excluding tert-OH is 1. The van der Waals surface area contributed by atoms with Crippen molar-refractivity contribution >= 4 is 47.4 Å². The van der Waals surface area contributed by atoms with Crippen molar-refractivity contribution in [2.24, 2.45) is 23.3 Å². The van der Waals surface area contributed by atoms with E-state index in [1.54, 1.807) is 13.8 Å². The Morgan fingerprint density at radius 1 is 0.558 bits per heavy atom. The van der Waals surface area contributed by atoms with E-state index >= 15 is 0 Å². The van der Waals surface area contributed by atoms with Crippen LogP contribution >= 0.6 is 0 Å². The number of rotatable bonds is 25. The maximum atomic E-state index is 13.4. The van der Waals surface area contributed by atoms with E-state index in [2.05, 4.69) is 31.9 Å². The minimum absolute atomic E-state index is 0.0490. The molecule has 0 aromatic carbocycles. The van der Waals surface area contributed by atoms with Crippen molar-refractivity contribution in [2.75, 3.05) is 6.54 Å². The van der Waals surface area contributed by atoms with E-state index in [0.717, 1.165) is 0 Å². The van der Waals surface area contributed by atoms with Crippen molar-refractivity contribution in [2.45, 2.75) is 142 Å². The van der Waals surface area contributed by atoms with Crippen LogP contribution in [0, 0.1) is 11.8 Å². The van der Waals surface area contributed by atoms with Crippen molar-refractivity contribution in [3.63, 3.8) is 0 Å². The first-order valence-corrected chi connectivity index (χ1v) is 17.5. The van der Waals surface area contributed by atoms with Gasteiger partial charge in [-0.1, -0.05) is 27.7 Å². The summed E-state index contributed by atoms with van der Waals surface area (Å²) < 4.78 is 0. The Hall–Kier alpha value is -4.36. The van der Waals surface area contributed by atoms with Gasteiger partial charge in [0.15, 0.2) is 0 Å². The summed E-state index contributed by atoms with van der Waals surface area (Å²) in [5.74, 6) is -7.60. The van der Waals surface area contributed by atoms with Crippen LogP contribution in [-0.2, 0) is 38.4 Å². The number of carbonyl (C=O) groups excluding carboxylic acids is 6. The standard InChI is InChI=1S/C33H60N8O11/c1-16(2)14-21(35)28(46)39-23(11-12-25(43)44)30(48)41-26(20(7)42)32(50)40-24(15-17(3)4)31(49)36-18(5)27(45)38-22(10-8-9-13-34)29(47)37-19(6)33(51)52/h16-24,26,42H,8-15,34-35H2,1-7H3,(H,36,49)(H,37,47)(H,38,45)(H,39,46)(H,40,50)(H,41,48)(H,43,44)(H,51,52)/t18-,19-,20+,21-,22-,23-,24-,26-/m0/s1. The molecular formula is C33H60N8O11. The van der Waals surface area contributed by atoms with Crippen LogP contribution in [0.1, 0.15) is 93.4 Å². The zero-order valence-corrected chi connectivity index (χ0v) is 31.2. The van der Waals surface area contributed by atoms with Gasteiger partial charge in [0.25, 0.3) is 0 Å². The number of aliphatic carboxylic acids is 2. The molecule has 0 spiro atoms. The lowest BCUT2D eigenvalue weighted by molar-refractivity contribution is -0.142. The van der Waals surface area contributed by atoms with E-state index in [-0.39, 0.29) is 37.5 Å². The van der Waals surface area contributed by atoms with Gasteiger partial charge < -0.3 is 58.7 Å². The molecule has 0 saturated carbocycles. The predicted octanol–water partition coefficient (Wildman–Crippen LogP) is -2.19. The highest BCUT2D eigenvalue weighted by Crippen LogP contribution is 2.09. The second kappa shape index (κ2) is 24.0. The molecule has 19 heteroatoms. The van der Waals surface area contributed by atoms with E-state index in [4.69, 9.17) is 21.7 Å². The van der Waals surface area contributed by atoms with Gasteiger partial charge in [-0.3, -0.25) is 38.4 Å². The SMILES string of the molecule is CC(C)C[C@H](NC(=O)[C@@H](NC(=O)[C@H](CCC(=O)O)NC(=O)[C@@H](N)CC(C)C)[C@@H](C)O)C(=O)N[C@@H](C)C(=O)N[C@@H](CCCCN)C(=O)N[C@@H](C)C(=O)O. The molecule has 0 heterocycles. The molecule has 6 amide bonds. The molecule has 52 heavy (non-hydrogen) atoms. The van der Waals surface area contributed by atoms with Gasteiger partial charge in [-0.2, -0.15) is 0 Å². The summed E-state index contributed by atoms with van der Waals surface area (Å²) in [5, 5.41) is 43.3. The van der Waals surface area contributed by atoms with Crippen LogP contribution < -0.4 is 43.4 Å². The Kier molecular flexibility index (Phi) is 22.0. The van der Waals surface area contributed by atoms with Crippen LogP contribution in [0.4, 0.5) is 0 Å². The topological polar surface area (TPSA) is 321 Å². The fourth-order valence-corrected chi connectivity index (χ4v) is 4.87. The van der Waals surface area contributed by atoms with Crippen molar-refractivity contribution < 1.29 is 53.7 Å². The largest absolute Gasteiger partial charge is 0.481 e. The molecule has 0 aromatic rings. The van der Waals surface area contributed by atoms with E-state index in [1.807, 2.05) is 13.8 Å². The molecule has 0 unspecified atom stereocenters. The van der Waals surface area contributed by atoms with Crippen LogP contribution in [0.15, 0.2) is 0 Å². The number of amides is 6. The van der Waals surface area contributed by atoms with E-state index in [9.17, 15) is 43.5 Å². The molecule has 19 nitrogen and oxygen atoms in total. The third-order valence-corrected chi connectivity index (χ3v) is 7.81. The van der Waals surface area contributed by atoms with Crippen LogP contribution in [0.2, 0.25) is 0 Å². The van der Waals surface area contributed by atoms with Gasteiger partial charge in [0.05, 0.1) is 12.1 Å². The summed E-state index contributed by atoms with van der Waals surface area (Å²) in [7, 11) is 0. The number of unbranched alkanes of at least 4 members (excludes halogenated alkanes) is 1. The minimum Gasteiger partial charge on any atom is -0.481 e. The Morgan fingerprint density at radius 2 is 1.04 bits per heavy atom. The fraction of sp³-hybridized carbons (Fsp3) is 0.758. The average molecular weight is 745 g/mol. The molecule has 0 radical (unpaired) electrons. The number of carboxylic acid groups (broad SMARTS) is 2. The fourth-order valence-electron chi connectivity index (χ4n) is 4.87. The van der Waals surface area contributed by atoms with Gasteiger partial charge in [-0.25, -0.2) is 0 Å². The quantitative estimate of drug-likeness (QED) is 0.0444. The summed E-state index contributed by atoms with van der Waals surface area (Å²) in [4.78, 5) is 101. The smallest absolute Gasteiger partial charge is 0.325 e. The summed E-state index contributed by atoms with van der Waals surface area (Å²) >= 11 is 0. The normalized spacial score (nSPS) is 15.8. The Labute approximate surface area is 304 Å². The predicted molar refractivity (Wildman–Crippen MR) is 189 cm³/mol. The van der Waals surface area contributed by atoms with E-state index in [0.29, 0.717) is 19.4 Å². The lowest BCUT2D eigenvalue weighted by Crippen LogP contribution is -2.61. The maximum absolute atomic E-state index is 13.4. The summed E-state index contributed by atoms with van der Waals surface area (Å²) in [6.07, 6.45) is -0.891. The van der Waals surface area contributed by atoms with Crippen LogP contribution in [0.3, 0.4) is 0 Å². The third-order valence-electron chi connectivity index (χ3n) is 7.81. The highest BCUT2D eigenvalue weighted by atomic mass is 16.4. The third kappa shape index (κ3) is 18.8. The molecule has 298 valence electrons. The molecule has 0 aromatic heterocycles. The second-order valence-electron chi connectivity index (χ2n) is 13.8. The first-order chi connectivity index (χ1) is 24.1. The molecule has 0 saturated heterocycles. The molecule has 0 aliphatic carbocycles. The van der Waals surface area contributed by atoms with Crippen LogP contribution in [-0.4, -0.2) is 118 Å².